The Morgan fingerprint density at radius 2 is 2.33 bits per heavy atom. The second-order valence-electron chi connectivity index (χ2n) is 3.82. The van der Waals surface area contributed by atoms with Crippen molar-refractivity contribution >= 4 is 12.0 Å². The Bertz CT molecular complexity index is 486. The van der Waals surface area contributed by atoms with Crippen LogP contribution < -0.4 is 4.74 Å². The second kappa shape index (κ2) is 7.13. The van der Waals surface area contributed by atoms with E-state index >= 15 is 0 Å². The lowest BCUT2D eigenvalue weighted by Gasteiger charge is -2.09. The Labute approximate surface area is 106 Å². The Morgan fingerprint density at radius 1 is 1.56 bits per heavy atom. The van der Waals surface area contributed by atoms with E-state index in [2.05, 4.69) is 0 Å². The van der Waals surface area contributed by atoms with E-state index in [0.717, 1.165) is 17.2 Å². The van der Waals surface area contributed by atoms with Gasteiger partial charge in [0.1, 0.15) is 5.75 Å². The van der Waals surface area contributed by atoms with Crippen molar-refractivity contribution in [1.29, 1.82) is 5.26 Å². The molecule has 0 atom stereocenters. The van der Waals surface area contributed by atoms with Gasteiger partial charge in [0.05, 0.1) is 12.7 Å². The smallest absolute Gasteiger partial charge is 0.328 e. The van der Waals surface area contributed by atoms with Gasteiger partial charge in [-0.1, -0.05) is 11.6 Å². The zero-order valence-corrected chi connectivity index (χ0v) is 10.2. The van der Waals surface area contributed by atoms with Gasteiger partial charge in [0.15, 0.2) is 0 Å². The Balaban J connectivity index is 2.77. The summed E-state index contributed by atoms with van der Waals surface area (Å²) in [6.07, 6.45) is 3.70. The summed E-state index contributed by atoms with van der Waals surface area (Å²) in [5.74, 6) is -0.358. The summed E-state index contributed by atoms with van der Waals surface area (Å²) in [7, 11) is 0. The summed E-state index contributed by atoms with van der Waals surface area (Å²) in [5.41, 5.74) is 1.76. The number of aryl methyl sites for hydroxylation is 1. The van der Waals surface area contributed by atoms with Crippen molar-refractivity contribution in [1.82, 2.24) is 0 Å². The molecule has 1 aromatic carbocycles. The van der Waals surface area contributed by atoms with E-state index in [0.29, 0.717) is 25.2 Å². The molecule has 4 nitrogen and oxygen atoms in total. The molecule has 0 aliphatic carbocycles. The third kappa shape index (κ3) is 4.71. The van der Waals surface area contributed by atoms with Crippen LogP contribution >= 0.6 is 0 Å². The monoisotopic (exact) mass is 245 g/mol. The fourth-order valence-corrected chi connectivity index (χ4v) is 1.42. The third-order valence-electron chi connectivity index (χ3n) is 2.26. The molecule has 4 heteroatoms. The first-order valence-corrected chi connectivity index (χ1v) is 5.65. The van der Waals surface area contributed by atoms with Gasteiger partial charge < -0.3 is 9.84 Å². The largest absolute Gasteiger partial charge is 0.493 e. The number of hydrogen-bond acceptors (Lipinski definition) is 3. The first kappa shape index (κ1) is 13.8. The molecule has 0 aliphatic rings. The lowest BCUT2D eigenvalue weighted by molar-refractivity contribution is -0.131. The first-order chi connectivity index (χ1) is 8.63. The lowest BCUT2D eigenvalue weighted by Crippen LogP contribution is -1.99. The zero-order valence-electron chi connectivity index (χ0n) is 10.2. The number of aliphatic carboxylic acids is 1. The molecule has 0 fully saturated rings. The van der Waals surface area contributed by atoms with Gasteiger partial charge in [0.25, 0.3) is 0 Å². The fourth-order valence-electron chi connectivity index (χ4n) is 1.42. The molecule has 0 spiro atoms. The van der Waals surface area contributed by atoms with Crippen LogP contribution in [0.5, 0.6) is 5.75 Å². The second-order valence-corrected chi connectivity index (χ2v) is 3.82. The molecular formula is C14H15NO3. The maximum Gasteiger partial charge on any atom is 0.328 e. The predicted octanol–water partition coefficient (Wildman–Crippen LogP) is 2.78. The van der Waals surface area contributed by atoms with Gasteiger partial charge in [-0.3, -0.25) is 0 Å². The SMILES string of the molecule is Cc1ccc(OCCCC#N)c(C=CC(=O)O)c1. The quantitative estimate of drug-likeness (QED) is 0.618. The van der Waals surface area contributed by atoms with Crippen LogP contribution in [-0.4, -0.2) is 17.7 Å². The van der Waals surface area contributed by atoms with Crippen molar-refractivity contribution in [2.45, 2.75) is 19.8 Å². The number of carbonyl (C=O) groups is 1. The number of unbranched alkanes of at least 4 members (excludes halogenated alkanes) is 1. The van der Waals surface area contributed by atoms with Crippen LogP contribution in [0.1, 0.15) is 24.0 Å². The number of carboxylic acids is 1. The molecule has 0 saturated heterocycles. The molecule has 1 aromatic rings. The van der Waals surface area contributed by atoms with Crippen LogP contribution in [0, 0.1) is 18.3 Å². The number of ether oxygens (including phenoxy) is 1. The Hall–Kier alpha value is -2.28. The number of carboxylic acid groups (broad SMARTS) is 1. The van der Waals surface area contributed by atoms with Gasteiger partial charge in [0.2, 0.25) is 0 Å². The highest BCUT2D eigenvalue weighted by atomic mass is 16.5. The fraction of sp³-hybridized carbons (Fsp3) is 0.286. The van der Waals surface area contributed by atoms with Gasteiger partial charge in [-0.2, -0.15) is 5.26 Å². The maximum atomic E-state index is 10.5. The molecule has 0 bridgehead atoms. The van der Waals surface area contributed by atoms with Crippen LogP contribution in [-0.2, 0) is 4.79 Å². The predicted molar refractivity (Wildman–Crippen MR) is 68.2 cm³/mol. The van der Waals surface area contributed by atoms with E-state index in [9.17, 15) is 4.79 Å². The average Bonchev–Trinajstić information content (AvgIpc) is 2.34. The highest BCUT2D eigenvalue weighted by Gasteiger charge is 2.02. The topological polar surface area (TPSA) is 70.3 Å². The minimum absolute atomic E-state index is 0.449. The molecule has 0 unspecified atom stereocenters. The maximum absolute atomic E-state index is 10.5. The Kier molecular flexibility index (Phi) is 5.46. The summed E-state index contributed by atoms with van der Waals surface area (Å²) < 4.78 is 5.53. The highest BCUT2D eigenvalue weighted by Crippen LogP contribution is 2.21. The van der Waals surface area contributed by atoms with Crippen molar-refractivity contribution in [2.24, 2.45) is 0 Å². The average molecular weight is 245 g/mol. The van der Waals surface area contributed by atoms with Crippen molar-refractivity contribution in [3.05, 3.63) is 35.4 Å². The number of nitrogens with zero attached hydrogens (tertiary/aromatic N) is 1. The highest BCUT2D eigenvalue weighted by molar-refractivity contribution is 5.85. The molecule has 1 rings (SSSR count). The standard InChI is InChI=1S/C14H15NO3/c1-11-4-6-13(18-9-3-2-8-15)12(10-11)5-7-14(16)17/h4-7,10H,2-3,9H2,1H3,(H,16,17). The summed E-state index contributed by atoms with van der Waals surface area (Å²) in [6.45, 7) is 2.38. The molecule has 0 heterocycles. The number of nitriles is 1. The summed E-state index contributed by atoms with van der Waals surface area (Å²) >= 11 is 0. The van der Waals surface area contributed by atoms with Gasteiger partial charge in [-0.15, -0.1) is 0 Å². The molecule has 1 N–H and O–H groups in total. The van der Waals surface area contributed by atoms with E-state index < -0.39 is 5.97 Å². The molecule has 18 heavy (non-hydrogen) atoms. The molecule has 94 valence electrons. The number of benzene rings is 1. The molecule has 0 saturated carbocycles. The van der Waals surface area contributed by atoms with Crippen LogP contribution in [0.2, 0.25) is 0 Å². The van der Waals surface area contributed by atoms with Crippen molar-refractivity contribution < 1.29 is 14.6 Å². The van der Waals surface area contributed by atoms with Gasteiger partial charge in [0, 0.05) is 18.1 Å². The summed E-state index contributed by atoms with van der Waals surface area (Å²) in [4.78, 5) is 10.5. The molecular weight excluding hydrogens is 230 g/mol. The van der Waals surface area contributed by atoms with E-state index in [1.165, 1.54) is 6.08 Å². The molecule has 0 aromatic heterocycles. The van der Waals surface area contributed by atoms with Crippen LogP contribution in [0.3, 0.4) is 0 Å². The lowest BCUT2D eigenvalue weighted by atomic mass is 10.1. The minimum Gasteiger partial charge on any atom is -0.493 e. The molecule has 0 amide bonds. The molecule has 0 radical (unpaired) electrons. The summed E-state index contributed by atoms with van der Waals surface area (Å²) in [5, 5.41) is 17.0. The van der Waals surface area contributed by atoms with Gasteiger partial charge >= 0.3 is 5.97 Å². The van der Waals surface area contributed by atoms with E-state index in [1.54, 1.807) is 0 Å². The van der Waals surface area contributed by atoms with Crippen molar-refractivity contribution in [3.8, 4) is 11.8 Å². The van der Waals surface area contributed by atoms with Crippen LogP contribution in [0.25, 0.3) is 6.08 Å². The number of hydrogen-bond donors (Lipinski definition) is 1. The minimum atomic E-state index is -0.994. The molecule has 0 aliphatic heterocycles. The van der Waals surface area contributed by atoms with Crippen molar-refractivity contribution in [2.75, 3.05) is 6.61 Å². The zero-order chi connectivity index (χ0) is 13.4. The van der Waals surface area contributed by atoms with Gasteiger partial charge in [-0.05, 0) is 31.6 Å². The third-order valence-corrected chi connectivity index (χ3v) is 2.26. The van der Waals surface area contributed by atoms with E-state index in [-0.39, 0.29) is 0 Å². The van der Waals surface area contributed by atoms with Crippen molar-refractivity contribution in [3.63, 3.8) is 0 Å². The van der Waals surface area contributed by atoms with Crippen LogP contribution in [0.15, 0.2) is 24.3 Å². The summed E-state index contributed by atoms with van der Waals surface area (Å²) in [6, 6.07) is 7.62. The van der Waals surface area contributed by atoms with E-state index in [1.807, 2.05) is 31.2 Å². The van der Waals surface area contributed by atoms with Gasteiger partial charge in [-0.25, -0.2) is 4.79 Å². The number of rotatable bonds is 6. The normalized spacial score (nSPS) is 10.2. The van der Waals surface area contributed by atoms with Crippen LogP contribution in [0.4, 0.5) is 0 Å². The van der Waals surface area contributed by atoms with E-state index in [4.69, 9.17) is 15.1 Å². The Morgan fingerprint density at radius 3 is 3.00 bits per heavy atom. The first-order valence-electron chi connectivity index (χ1n) is 5.65.